The first-order valence-corrected chi connectivity index (χ1v) is 5.49. The maximum Gasteiger partial charge on any atom is 0.433 e. The summed E-state index contributed by atoms with van der Waals surface area (Å²) >= 11 is 0.627. The summed E-state index contributed by atoms with van der Waals surface area (Å²) in [6, 6.07) is 1.57. The average Bonchev–Trinajstić information content (AvgIpc) is 2.24. The molecule has 2 amide bonds. The van der Waals surface area contributed by atoms with E-state index in [1.165, 1.54) is 0 Å². The van der Waals surface area contributed by atoms with E-state index in [1.807, 2.05) is 0 Å². The predicted molar refractivity (Wildman–Crippen MR) is 57.7 cm³/mol. The number of pyridine rings is 1. The topological polar surface area (TPSA) is 99.1 Å². The van der Waals surface area contributed by atoms with Crippen LogP contribution in [0.2, 0.25) is 0 Å². The summed E-state index contributed by atoms with van der Waals surface area (Å²) in [6.45, 7) is 0. The second-order valence-electron chi connectivity index (χ2n) is 3.17. The number of aromatic nitrogens is 1. The van der Waals surface area contributed by atoms with Crippen LogP contribution in [0.25, 0.3) is 0 Å². The van der Waals surface area contributed by atoms with Crippen molar-refractivity contribution in [2.75, 3.05) is 5.75 Å². The number of primary amides is 2. The molecule has 0 aliphatic rings. The molecular formula is C9H8F3N3O2S. The summed E-state index contributed by atoms with van der Waals surface area (Å²) < 4.78 is 37.3. The smallest absolute Gasteiger partial charge is 0.369 e. The molecule has 0 fully saturated rings. The van der Waals surface area contributed by atoms with Crippen molar-refractivity contribution in [3.8, 4) is 0 Å². The lowest BCUT2D eigenvalue weighted by atomic mass is 10.2. The van der Waals surface area contributed by atoms with Gasteiger partial charge in [-0.1, -0.05) is 11.8 Å². The first kappa shape index (κ1) is 14.3. The molecule has 0 unspecified atom stereocenters. The Balaban J connectivity index is 3.15. The number of nitrogens with zero attached hydrogens (tertiary/aromatic N) is 1. The van der Waals surface area contributed by atoms with Crippen LogP contribution in [0.4, 0.5) is 13.2 Å². The van der Waals surface area contributed by atoms with E-state index in [0.717, 1.165) is 6.07 Å². The third kappa shape index (κ3) is 3.62. The van der Waals surface area contributed by atoms with Crippen molar-refractivity contribution >= 4 is 23.6 Å². The van der Waals surface area contributed by atoms with Gasteiger partial charge in [-0.15, -0.1) is 0 Å². The van der Waals surface area contributed by atoms with Crippen LogP contribution in [0, 0.1) is 0 Å². The van der Waals surface area contributed by atoms with Crippen LogP contribution in [0.3, 0.4) is 0 Å². The monoisotopic (exact) mass is 279 g/mol. The zero-order chi connectivity index (χ0) is 13.9. The fraction of sp³-hybridized carbons (Fsp3) is 0.222. The lowest BCUT2D eigenvalue weighted by Gasteiger charge is -2.09. The van der Waals surface area contributed by atoms with Crippen molar-refractivity contribution in [3.63, 3.8) is 0 Å². The lowest BCUT2D eigenvalue weighted by Crippen LogP contribution is -2.18. The van der Waals surface area contributed by atoms with Crippen LogP contribution in [0.5, 0.6) is 0 Å². The Morgan fingerprint density at radius 2 is 1.89 bits per heavy atom. The van der Waals surface area contributed by atoms with Gasteiger partial charge in [-0.25, -0.2) is 4.98 Å². The maximum atomic E-state index is 12.4. The molecule has 0 spiro atoms. The highest BCUT2D eigenvalue weighted by molar-refractivity contribution is 8.00. The second kappa shape index (κ2) is 5.25. The molecule has 1 aromatic heterocycles. The van der Waals surface area contributed by atoms with E-state index in [4.69, 9.17) is 11.5 Å². The summed E-state index contributed by atoms with van der Waals surface area (Å²) in [5.74, 6) is -1.97. The highest BCUT2D eigenvalue weighted by Gasteiger charge is 2.33. The average molecular weight is 279 g/mol. The Bertz CT molecular complexity index is 490. The molecule has 0 saturated carbocycles. The Kier molecular flexibility index (Phi) is 4.17. The SMILES string of the molecule is NC(=O)CSc1nc(C(F)(F)F)ccc1C(N)=O. The first-order chi connectivity index (χ1) is 8.21. The quantitative estimate of drug-likeness (QED) is 0.795. The number of halogens is 3. The Hall–Kier alpha value is -1.77. The van der Waals surface area contributed by atoms with Crippen LogP contribution in [-0.2, 0) is 11.0 Å². The predicted octanol–water partition coefficient (Wildman–Crippen LogP) is 0.777. The highest BCUT2D eigenvalue weighted by Crippen LogP contribution is 2.30. The van der Waals surface area contributed by atoms with Crippen molar-refractivity contribution < 1.29 is 22.8 Å². The van der Waals surface area contributed by atoms with E-state index in [2.05, 4.69) is 4.98 Å². The van der Waals surface area contributed by atoms with Gasteiger partial charge in [-0.05, 0) is 12.1 Å². The Morgan fingerprint density at radius 3 is 2.33 bits per heavy atom. The van der Waals surface area contributed by atoms with Crippen molar-refractivity contribution in [3.05, 3.63) is 23.4 Å². The van der Waals surface area contributed by atoms with Gasteiger partial charge in [-0.2, -0.15) is 13.2 Å². The number of rotatable bonds is 4. The third-order valence-corrected chi connectivity index (χ3v) is 2.78. The van der Waals surface area contributed by atoms with E-state index in [-0.39, 0.29) is 16.3 Å². The zero-order valence-corrected chi connectivity index (χ0v) is 9.64. The van der Waals surface area contributed by atoms with Crippen molar-refractivity contribution in [1.29, 1.82) is 0 Å². The van der Waals surface area contributed by atoms with Gasteiger partial charge in [0, 0.05) is 0 Å². The van der Waals surface area contributed by atoms with Gasteiger partial charge in [-0.3, -0.25) is 9.59 Å². The summed E-state index contributed by atoms with van der Waals surface area (Å²) in [5.41, 5.74) is 8.50. The number of hydrogen-bond donors (Lipinski definition) is 2. The van der Waals surface area contributed by atoms with Crippen LogP contribution >= 0.6 is 11.8 Å². The van der Waals surface area contributed by atoms with Gasteiger partial charge in [0.2, 0.25) is 5.91 Å². The molecule has 0 radical (unpaired) electrons. The van der Waals surface area contributed by atoms with Crippen LogP contribution in [0.1, 0.15) is 16.1 Å². The van der Waals surface area contributed by atoms with E-state index in [0.29, 0.717) is 17.8 Å². The highest BCUT2D eigenvalue weighted by atomic mass is 32.2. The van der Waals surface area contributed by atoms with Crippen LogP contribution in [0.15, 0.2) is 17.2 Å². The molecule has 1 aromatic rings. The van der Waals surface area contributed by atoms with Crippen molar-refractivity contribution in [1.82, 2.24) is 4.98 Å². The zero-order valence-electron chi connectivity index (χ0n) is 8.82. The normalized spacial score (nSPS) is 11.3. The van der Waals surface area contributed by atoms with E-state index in [1.54, 1.807) is 0 Å². The molecule has 0 atom stereocenters. The molecule has 0 bridgehead atoms. The number of thioether (sulfide) groups is 1. The minimum Gasteiger partial charge on any atom is -0.369 e. The standard InChI is InChI=1S/C9H8F3N3O2S/c10-9(11,12)5-2-1-4(7(14)17)8(15-5)18-3-6(13)16/h1-2H,3H2,(H2,13,16)(H2,14,17). The maximum absolute atomic E-state index is 12.4. The second-order valence-corrected chi connectivity index (χ2v) is 4.13. The van der Waals surface area contributed by atoms with Crippen molar-refractivity contribution in [2.45, 2.75) is 11.2 Å². The van der Waals surface area contributed by atoms with Gasteiger partial charge in [0.25, 0.3) is 5.91 Å². The summed E-state index contributed by atoms with van der Waals surface area (Å²) in [5, 5.41) is -0.267. The molecule has 0 aliphatic heterocycles. The van der Waals surface area contributed by atoms with E-state index in [9.17, 15) is 22.8 Å². The molecule has 9 heteroatoms. The number of nitrogens with two attached hydrogens (primary N) is 2. The van der Waals surface area contributed by atoms with Gasteiger partial charge in [0.05, 0.1) is 11.3 Å². The number of carbonyl (C=O) groups excluding carboxylic acids is 2. The van der Waals surface area contributed by atoms with Gasteiger partial charge in [0.15, 0.2) is 0 Å². The van der Waals surface area contributed by atoms with E-state index >= 15 is 0 Å². The molecule has 98 valence electrons. The first-order valence-electron chi connectivity index (χ1n) is 4.51. The minimum atomic E-state index is -4.64. The minimum absolute atomic E-state index is 0.186. The molecule has 0 aromatic carbocycles. The molecule has 0 aliphatic carbocycles. The van der Waals surface area contributed by atoms with Gasteiger partial charge < -0.3 is 11.5 Å². The van der Waals surface area contributed by atoms with Crippen LogP contribution < -0.4 is 11.5 Å². The molecular weight excluding hydrogens is 271 g/mol. The van der Waals surface area contributed by atoms with Crippen molar-refractivity contribution in [2.24, 2.45) is 11.5 Å². The number of carbonyl (C=O) groups is 2. The summed E-state index contributed by atoms with van der Waals surface area (Å²) in [6.07, 6.45) is -4.64. The Labute approximate surface area is 104 Å². The Morgan fingerprint density at radius 1 is 1.28 bits per heavy atom. The van der Waals surface area contributed by atoms with E-state index < -0.39 is 23.7 Å². The number of amides is 2. The van der Waals surface area contributed by atoms with Gasteiger partial charge >= 0.3 is 6.18 Å². The fourth-order valence-electron chi connectivity index (χ4n) is 1.04. The number of alkyl halides is 3. The fourth-order valence-corrected chi connectivity index (χ4v) is 1.80. The summed E-state index contributed by atoms with van der Waals surface area (Å²) in [7, 11) is 0. The summed E-state index contributed by atoms with van der Waals surface area (Å²) in [4.78, 5) is 24.8. The van der Waals surface area contributed by atoms with Gasteiger partial charge in [0.1, 0.15) is 10.7 Å². The lowest BCUT2D eigenvalue weighted by molar-refractivity contribution is -0.141. The van der Waals surface area contributed by atoms with Crippen LogP contribution in [-0.4, -0.2) is 22.6 Å². The molecule has 4 N–H and O–H groups in total. The number of hydrogen-bond acceptors (Lipinski definition) is 4. The molecule has 1 rings (SSSR count). The molecule has 0 saturated heterocycles. The molecule has 1 heterocycles. The largest absolute Gasteiger partial charge is 0.433 e. The molecule has 5 nitrogen and oxygen atoms in total. The molecule has 18 heavy (non-hydrogen) atoms. The third-order valence-electron chi connectivity index (χ3n) is 1.77.